The molecule has 0 aliphatic rings. The Morgan fingerprint density at radius 3 is 2.10 bits per heavy atom. The fourth-order valence-electron chi connectivity index (χ4n) is 2.28. The third kappa shape index (κ3) is 4.66. The molecule has 0 atom stereocenters. The third-order valence-electron chi connectivity index (χ3n) is 3.36. The molecule has 0 heterocycles. The Morgan fingerprint density at radius 2 is 1.70 bits per heavy atom. The summed E-state index contributed by atoms with van der Waals surface area (Å²) < 4.78 is 0. The Labute approximate surface area is 124 Å². The molecule has 1 aromatic rings. The zero-order valence-corrected chi connectivity index (χ0v) is 13.9. The zero-order chi connectivity index (χ0) is 15.3. The number of hydrogen-bond donors (Lipinski definition) is 0. The molecular weight excluding hydrogens is 246 g/mol. The van der Waals surface area contributed by atoms with Crippen LogP contribution >= 0.6 is 0 Å². The predicted molar refractivity (Wildman–Crippen MR) is 86.2 cm³/mol. The van der Waals surface area contributed by atoms with Crippen LogP contribution in [0.5, 0.6) is 0 Å². The van der Waals surface area contributed by atoms with Gasteiger partial charge >= 0.3 is 0 Å². The molecule has 0 aliphatic heterocycles. The van der Waals surface area contributed by atoms with Crippen LogP contribution in [0.15, 0.2) is 24.3 Å². The van der Waals surface area contributed by atoms with Gasteiger partial charge in [0.2, 0.25) is 0 Å². The van der Waals surface area contributed by atoms with E-state index in [1.807, 2.05) is 17.0 Å². The van der Waals surface area contributed by atoms with Gasteiger partial charge in [-0.2, -0.15) is 0 Å². The van der Waals surface area contributed by atoms with E-state index in [2.05, 4.69) is 53.7 Å². The van der Waals surface area contributed by atoms with Gasteiger partial charge in [-0.1, -0.05) is 53.7 Å². The maximum atomic E-state index is 12.6. The monoisotopic (exact) mass is 275 g/mol. The number of carbonyl (C=O) groups excluding carboxylic acids is 1. The molecule has 1 amide bonds. The molecule has 0 spiro atoms. The van der Waals surface area contributed by atoms with Crippen LogP contribution in [0.4, 0.5) is 0 Å². The molecular formula is C18H29NO. The second-order valence-corrected chi connectivity index (χ2v) is 6.97. The van der Waals surface area contributed by atoms with Crippen LogP contribution < -0.4 is 0 Å². The first-order valence-corrected chi connectivity index (χ1v) is 7.65. The summed E-state index contributed by atoms with van der Waals surface area (Å²) in [5.41, 5.74) is 2.19. The lowest BCUT2D eigenvalue weighted by Gasteiger charge is -2.25. The smallest absolute Gasteiger partial charge is 0.253 e. The van der Waals surface area contributed by atoms with Crippen LogP contribution in [-0.2, 0) is 5.41 Å². The summed E-state index contributed by atoms with van der Waals surface area (Å²) in [5.74, 6) is 0.653. The van der Waals surface area contributed by atoms with E-state index in [-0.39, 0.29) is 11.3 Å². The molecule has 0 bridgehead atoms. The topological polar surface area (TPSA) is 20.3 Å². The van der Waals surface area contributed by atoms with Gasteiger partial charge in [0.1, 0.15) is 0 Å². The maximum Gasteiger partial charge on any atom is 0.253 e. The van der Waals surface area contributed by atoms with E-state index in [1.54, 1.807) is 0 Å². The van der Waals surface area contributed by atoms with Crippen molar-refractivity contribution in [3.63, 3.8) is 0 Å². The number of benzene rings is 1. The van der Waals surface area contributed by atoms with Crippen LogP contribution in [0.3, 0.4) is 0 Å². The van der Waals surface area contributed by atoms with Crippen molar-refractivity contribution in [3.05, 3.63) is 35.4 Å². The highest BCUT2D eigenvalue weighted by Gasteiger charge is 2.18. The molecule has 112 valence electrons. The standard InChI is InChI=1S/C18H29NO/c1-7-12-19(13-14(2)3)17(20)15-8-10-16(11-9-15)18(4,5)6/h8-11,14H,7,12-13H2,1-6H3. The molecule has 0 aromatic heterocycles. The van der Waals surface area contributed by atoms with E-state index in [1.165, 1.54) is 5.56 Å². The van der Waals surface area contributed by atoms with Gasteiger partial charge in [-0.05, 0) is 35.4 Å². The van der Waals surface area contributed by atoms with Crippen LogP contribution in [0.25, 0.3) is 0 Å². The lowest BCUT2D eigenvalue weighted by molar-refractivity contribution is 0.0736. The summed E-state index contributed by atoms with van der Waals surface area (Å²) >= 11 is 0. The second kappa shape index (κ2) is 6.92. The highest BCUT2D eigenvalue weighted by Crippen LogP contribution is 2.22. The molecule has 0 fully saturated rings. The number of hydrogen-bond acceptors (Lipinski definition) is 1. The van der Waals surface area contributed by atoms with Gasteiger partial charge in [-0.15, -0.1) is 0 Å². The molecule has 0 N–H and O–H groups in total. The highest BCUT2D eigenvalue weighted by molar-refractivity contribution is 5.94. The minimum Gasteiger partial charge on any atom is -0.338 e. The third-order valence-corrected chi connectivity index (χ3v) is 3.36. The van der Waals surface area contributed by atoms with Gasteiger partial charge in [0.25, 0.3) is 5.91 Å². The van der Waals surface area contributed by atoms with E-state index >= 15 is 0 Å². The van der Waals surface area contributed by atoms with Crippen LogP contribution in [0, 0.1) is 5.92 Å². The molecule has 1 rings (SSSR count). The first kappa shape index (κ1) is 16.7. The lowest BCUT2D eigenvalue weighted by atomic mass is 9.86. The van der Waals surface area contributed by atoms with Gasteiger partial charge in [-0.25, -0.2) is 0 Å². The number of nitrogens with zero attached hydrogens (tertiary/aromatic N) is 1. The van der Waals surface area contributed by atoms with Gasteiger partial charge in [0.05, 0.1) is 0 Å². The summed E-state index contributed by atoms with van der Waals surface area (Å²) in [6.07, 6.45) is 0.999. The highest BCUT2D eigenvalue weighted by atomic mass is 16.2. The Bertz CT molecular complexity index is 426. The van der Waals surface area contributed by atoms with E-state index in [4.69, 9.17) is 0 Å². The molecule has 0 saturated carbocycles. The van der Waals surface area contributed by atoms with Crippen molar-refractivity contribution < 1.29 is 4.79 Å². The molecule has 20 heavy (non-hydrogen) atoms. The lowest BCUT2D eigenvalue weighted by Crippen LogP contribution is -2.34. The van der Waals surface area contributed by atoms with Crippen molar-refractivity contribution in [1.82, 2.24) is 4.90 Å². The fourth-order valence-corrected chi connectivity index (χ4v) is 2.28. The Hall–Kier alpha value is -1.31. The van der Waals surface area contributed by atoms with Gasteiger partial charge in [0, 0.05) is 18.7 Å². The first-order chi connectivity index (χ1) is 9.25. The Balaban J connectivity index is 2.89. The molecule has 1 aromatic carbocycles. The minimum atomic E-state index is 0.128. The summed E-state index contributed by atoms with van der Waals surface area (Å²) in [4.78, 5) is 14.5. The van der Waals surface area contributed by atoms with E-state index in [0.29, 0.717) is 5.92 Å². The van der Waals surface area contributed by atoms with Gasteiger partial charge in [0.15, 0.2) is 0 Å². The minimum absolute atomic E-state index is 0.128. The Morgan fingerprint density at radius 1 is 1.15 bits per heavy atom. The second-order valence-electron chi connectivity index (χ2n) is 6.97. The van der Waals surface area contributed by atoms with Crippen LogP contribution in [0.2, 0.25) is 0 Å². The number of amides is 1. The quantitative estimate of drug-likeness (QED) is 0.775. The average molecular weight is 275 g/mol. The summed E-state index contributed by atoms with van der Waals surface area (Å²) in [7, 11) is 0. The van der Waals surface area contributed by atoms with Crippen molar-refractivity contribution >= 4 is 5.91 Å². The first-order valence-electron chi connectivity index (χ1n) is 7.65. The Kier molecular flexibility index (Phi) is 5.79. The van der Waals surface area contributed by atoms with Crippen LogP contribution in [-0.4, -0.2) is 23.9 Å². The van der Waals surface area contributed by atoms with Crippen molar-refractivity contribution in [2.75, 3.05) is 13.1 Å². The molecule has 0 radical (unpaired) electrons. The SMILES string of the molecule is CCCN(CC(C)C)C(=O)c1ccc(C(C)(C)C)cc1. The van der Waals surface area contributed by atoms with Gasteiger partial charge in [-0.3, -0.25) is 4.79 Å². The van der Waals surface area contributed by atoms with Crippen molar-refractivity contribution in [1.29, 1.82) is 0 Å². The van der Waals surface area contributed by atoms with E-state index < -0.39 is 0 Å². The van der Waals surface area contributed by atoms with Crippen molar-refractivity contribution in [2.24, 2.45) is 5.92 Å². The number of rotatable bonds is 5. The van der Waals surface area contributed by atoms with E-state index in [9.17, 15) is 4.79 Å². The molecule has 0 unspecified atom stereocenters. The van der Waals surface area contributed by atoms with Crippen molar-refractivity contribution in [2.45, 2.75) is 53.4 Å². The molecule has 0 saturated heterocycles. The molecule has 2 heteroatoms. The van der Waals surface area contributed by atoms with Crippen LogP contribution in [0.1, 0.15) is 63.9 Å². The summed E-state index contributed by atoms with van der Waals surface area (Å²) in [6.45, 7) is 14.6. The largest absolute Gasteiger partial charge is 0.338 e. The van der Waals surface area contributed by atoms with Gasteiger partial charge < -0.3 is 4.90 Å². The molecule has 0 aliphatic carbocycles. The van der Waals surface area contributed by atoms with Crippen molar-refractivity contribution in [3.8, 4) is 0 Å². The van der Waals surface area contributed by atoms with E-state index in [0.717, 1.165) is 25.1 Å². The fraction of sp³-hybridized carbons (Fsp3) is 0.611. The predicted octanol–water partition coefficient (Wildman–Crippen LogP) is 4.49. The maximum absolute atomic E-state index is 12.6. The normalized spacial score (nSPS) is 11.8. The summed E-state index contributed by atoms with van der Waals surface area (Å²) in [6, 6.07) is 8.08. The summed E-state index contributed by atoms with van der Waals surface area (Å²) in [5, 5.41) is 0. The number of carbonyl (C=O) groups is 1. The average Bonchev–Trinajstić information content (AvgIpc) is 2.36. The zero-order valence-electron chi connectivity index (χ0n) is 13.9. The molecule has 2 nitrogen and oxygen atoms in total.